The number of aliphatic hydroxyl groups excluding tert-OH is 1. The van der Waals surface area contributed by atoms with Crippen molar-refractivity contribution >= 4 is 13.8 Å². The van der Waals surface area contributed by atoms with Crippen molar-refractivity contribution in [2.45, 2.75) is 116 Å². The first-order chi connectivity index (χ1) is 21.6. The molecular formula is C36H65NO7P+. The Hall–Kier alpha value is -1.80. The SMILES string of the molecule is CCCCCCCCCCCCC=CCC=CCC=CCC=CCC=CCC(=O)OC[C@@H](O)COP(=O)(O)OCC[N+](C)(C)C. The first kappa shape index (κ1) is 43.2. The van der Waals surface area contributed by atoms with Gasteiger partial charge >= 0.3 is 13.8 Å². The third-order valence-corrected chi connectivity index (χ3v) is 7.80. The highest BCUT2D eigenvalue weighted by molar-refractivity contribution is 7.47. The number of phosphoric acid groups is 1. The molecule has 0 aliphatic rings. The van der Waals surface area contributed by atoms with Crippen LogP contribution in [0, 0.1) is 0 Å². The van der Waals surface area contributed by atoms with Gasteiger partial charge in [0.1, 0.15) is 25.9 Å². The van der Waals surface area contributed by atoms with Crippen LogP contribution in [-0.4, -0.2) is 74.1 Å². The quantitative estimate of drug-likeness (QED) is 0.0262. The van der Waals surface area contributed by atoms with Crippen molar-refractivity contribution in [2.75, 3.05) is 47.5 Å². The first-order valence-electron chi connectivity index (χ1n) is 17.1. The van der Waals surface area contributed by atoms with E-state index in [0.717, 1.165) is 19.3 Å². The highest BCUT2D eigenvalue weighted by Crippen LogP contribution is 2.43. The van der Waals surface area contributed by atoms with Gasteiger partial charge in [0.2, 0.25) is 0 Å². The van der Waals surface area contributed by atoms with Gasteiger partial charge in [-0.2, -0.15) is 0 Å². The molecule has 0 aromatic heterocycles. The normalized spacial score (nSPS) is 14.9. The summed E-state index contributed by atoms with van der Waals surface area (Å²) in [4.78, 5) is 21.5. The number of hydrogen-bond donors (Lipinski definition) is 2. The van der Waals surface area contributed by atoms with Crippen LogP contribution in [0.2, 0.25) is 0 Å². The molecule has 0 amide bonds. The molecule has 1 unspecified atom stereocenters. The van der Waals surface area contributed by atoms with E-state index < -0.39 is 26.5 Å². The maximum Gasteiger partial charge on any atom is 0.472 e. The van der Waals surface area contributed by atoms with Gasteiger partial charge in [-0.15, -0.1) is 0 Å². The smallest absolute Gasteiger partial charge is 0.463 e. The average Bonchev–Trinajstić information content (AvgIpc) is 2.98. The largest absolute Gasteiger partial charge is 0.472 e. The zero-order chi connectivity index (χ0) is 33.5. The van der Waals surface area contributed by atoms with Gasteiger partial charge in [0, 0.05) is 0 Å². The Morgan fingerprint density at radius 3 is 1.67 bits per heavy atom. The summed E-state index contributed by atoms with van der Waals surface area (Å²) in [6, 6.07) is 0. The molecule has 0 bridgehead atoms. The molecule has 0 aromatic carbocycles. The lowest BCUT2D eigenvalue weighted by Crippen LogP contribution is -2.37. The summed E-state index contributed by atoms with van der Waals surface area (Å²) in [5.74, 6) is -0.499. The number of unbranched alkanes of at least 4 members (excludes halogenated alkanes) is 10. The van der Waals surface area contributed by atoms with Gasteiger partial charge < -0.3 is 19.2 Å². The third kappa shape index (κ3) is 34.9. The minimum absolute atomic E-state index is 0.0377. The number of carbonyl (C=O) groups excluding carboxylic acids is 1. The molecule has 260 valence electrons. The monoisotopic (exact) mass is 654 g/mol. The van der Waals surface area contributed by atoms with E-state index in [1.807, 2.05) is 33.3 Å². The maximum atomic E-state index is 11.8. The van der Waals surface area contributed by atoms with E-state index in [4.69, 9.17) is 13.8 Å². The lowest BCUT2D eigenvalue weighted by molar-refractivity contribution is -0.870. The predicted molar refractivity (Wildman–Crippen MR) is 187 cm³/mol. The Balaban J connectivity index is 3.70. The van der Waals surface area contributed by atoms with Crippen LogP contribution in [0.4, 0.5) is 0 Å². The molecule has 0 saturated heterocycles. The number of ether oxygens (including phenoxy) is 1. The Labute approximate surface area is 275 Å². The number of likely N-dealkylation sites (N-methyl/N-ethyl adjacent to an activating group) is 1. The Kier molecular flexibility index (Phi) is 28.4. The molecule has 0 spiro atoms. The summed E-state index contributed by atoms with van der Waals surface area (Å²) in [5, 5.41) is 9.85. The molecule has 0 saturated carbocycles. The van der Waals surface area contributed by atoms with Crippen LogP contribution in [0.3, 0.4) is 0 Å². The van der Waals surface area contributed by atoms with Gasteiger partial charge in [0.05, 0.1) is 34.2 Å². The summed E-state index contributed by atoms with van der Waals surface area (Å²) in [6.07, 6.45) is 38.4. The number of rotatable bonds is 30. The Bertz CT molecular complexity index is 906. The maximum absolute atomic E-state index is 11.8. The second-order valence-electron chi connectivity index (χ2n) is 12.4. The molecule has 0 aliphatic carbocycles. The average molecular weight is 655 g/mol. The summed E-state index contributed by atoms with van der Waals surface area (Å²) >= 11 is 0. The summed E-state index contributed by atoms with van der Waals surface area (Å²) < 4.78 is 27.0. The van der Waals surface area contributed by atoms with E-state index >= 15 is 0 Å². The van der Waals surface area contributed by atoms with E-state index in [1.54, 1.807) is 6.08 Å². The highest BCUT2D eigenvalue weighted by Gasteiger charge is 2.24. The standard InChI is InChI=1S/C36H64NO7P/c1-5-6-7-8-9-10-11-12-13-14-15-16-17-18-19-20-21-22-23-24-25-26-27-28-29-30-36(39)42-33-35(38)34-44-45(40,41)43-32-31-37(2,3)4/h16-17,19-20,22-23,25-26,28-29,35,38H,5-15,18,21,24,27,30-34H2,1-4H3/p+1/t35-/m1/s1. The lowest BCUT2D eigenvalue weighted by atomic mass is 10.1. The number of nitrogens with zero attached hydrogens (tertiary/aromatic N) is 1. The van der Waals surface area contributed by atoms with Crippen molar-refractivity contribution in [3.8, 4) is 0 Å². The van der Waals surface area contributed by atoms with Gasteiger partial charge in [0.15, 0.2) is 0 Å². The van der Waals surface area contributed by atoms with Crippen LogP contribution in [0.1, 0.15) is 110 Å². The zero-order valence-corrected chi connectivity index (χ0v) is 29.7. The molecule has 0 radical (unpaired) electrons. The third-order valence-electron chi connectivity index (χ3n) is 6.81. The van der Waals surface area contributed by atoms with Gasteiger partial charge in [-0.25, -0.2) is 4.57 Å². The van der Waals surface area contributed by atoms with Crippen LogP contribution in [0.25, 0.3) is 0 Å². The van der Waals surface area contributed by atoms with Crippen molar-refractivity contribution in [3.05, 3.63) is 60.8 Å². The lowest BCUT2D eigenvalue weighted by Gasteiger charge is -2.24. The number of aliphatic hydroxyl groups is 1. The molecular weight excluding hydrogens is 589 g/mol. The molecule has 0 rings (SSSR count). The number of hydrogen-bond acceptors (Lipinski definition) is 6. The minimum Gasteiger partial charge on any atom is -0.463 e. The first-order valence-corrected chi connectivity index (χ1v) is 18.6. The molecule has 0 aliphatic heterocycles. The van der Waals surface area contributed by atoms with E-state index in [0.29, 0.717) is 17.4 Å². The minimum atomic E-state index is -4.27. The predicted octanol–water partition coefficient (Wildman–Crippen LogP) is 8.77. The van der Waals surface area contributed by atoms with E-state index in [2.05, 4.69) is 49.5 Å². The number of allylic oxidation sites excluding steroid dienone is 9. The molecule has 2 atom stereocenters. The number of phosphoric ester groups is 1. The summed E-state index contributed by atoms with van der Waals surface area (Å²) in [6.45, 7) is 2.02. The second kappa shape index (κ2) is 29.6. The topological polar surface area (TPSA) is 102 Å². The van der Waals surface area contributed by atoms with Crippen LogP contribution in [-0.2, 0) is 23.1 Å². The van der Waals surface area contributed by atoms with E-state index in [1.165, 1.54) is 70.6 Å². The molecule has 9 heteroatoms. The number of carbonyl (C=O) groups is 1. The molecule has 2 N–H and O–H groups in total. The van der Waals surface area contributed by atoms with Gasteiger partial charge in [-0.1, -0.05) is 125 Å². The van der Waals surface area contributed by atoms with Crippen molar-refractivity contribution in [2.24, 2.45) is 0 Å². The Morgan fingerprint density at radius 2 is 1.16 bits per heavy atom. The van der Waals surface area contributed by atoms with Crippen LogP contribution >= 0.6 is 7.82 Å². The van der Waals surface area contributed by atoms with Crippen LogP contribution in [0.5, 0.6) is 0 Å². The van der Waals surface area contributed by atoms with Crippen LogP contribution in [0.15, 0.2) is 60.8 Å². The summed E-state index contributed by atoms with van der Waals surface area (Å²) in [7, 11) is 1.50. The fourth-order valence-corrected chi connectivity index (χ4v) is 4.82. The summed E-state index contributed by atoms with van der Waals surface area (Å²) in [5.41, 5.74) is 0. The molecule has 0 heterocycles. The van der Waals surface area contributed by atoms with Crippen molar-refractivity contribution in [3.63, 3.8) is 0 Å². The molecule has 45 heavy (non-hydrogen) atoms. The van der Waals surface area contributed by atoms with Gasteiger partial charge in [-0.05, 0) is 38.5 Å². The number of quaternary nitrogens is 1. The molecule has 8 nitrogen and oxygen atoms in total. The van der Waals surface area contributed by atoms with Crippen molar-refractivity contribution in [1.82, 2.24) is 0 Å². The zero-order valence-electron chi connectivity index (χ0n) is 28.8. The molecule has 0 fully saturated rings. The van der Waals surface area contributed by atoms with E-state index in [9.17, 15) is 19.4 Å². The highest BCUT2D eigenvalue weighted by atomic mass is 31.2. The molecule has 0 aromatic rings. The number of esters is 1. The van der Waals surface area contributed by atoms with E-state index in [-0.39, 0.29) is 19.6 Å². The fourth-order valence-electron chi connectivity index (χ4n) is 4.07. The van der Waals surface area contributed by atoms with Gasteiger partial charge in [-0.3, -0.25) is 13.8 Å². The van der Waals surface area contributed by atoms with Crippen LogP contribution < -0.4 is 0 Å². The Morgan fingerprint density at radius 1 is 0.689 bits per heavy atom. The van der Waals surface area contributed by atoms with Crippen molar-refractivity contribution in [1.29, 1.82) is 0 Å². The van der Waals surface area contributed by atoms with Crippen molar-refractivity contribution < 1.29 is 37.6 Å². The second-order valence-corrected chi connectivity index (χ2v) is 13.9. The fraction of sp³-hybridized carbons (Fsp3) is 0.694. The van der Waals surface area contributed by atoms with Gasteiger partial charge in [0.25, 0.3) is 0 Å².